The number of thiophene rings is 1. The summed E-state index contributed by atoms with van der Waals surface area (Å²) in [6, 6.07) is 3.74. The lowest BCUT2D eigenvalue weighted by Gasteiger charge is -2.34. The predicted molar refractivity (Wildman–Crippen MR) is 74.5 cm³/mol. The van der Waals surface area contributed by atoms with E-state index in [9.17, 15) is 9.59 Å². The van der Waals surface area contributed by atoms with Crippen molar-refractivity contribution in [1.82, 2.24) is 10.2 Å². The highest BCUT2D eigenvalue weighted by atomic mass is 79.9. The highest BCUT2D eigenvalue weighted by Crippen LogP contribution is 2.23. The lowest BCUT2D eigenvalue weighted by molar-refractivity contribution is -0.145. The van der Waals surface area contributed by atoms with Gasteiger partial charge in [-0.2, -0.15) is 0 Å². The van der Waals surface area contributed by atoms with Crippen LogP contribution in [0.25, 0.3) is 0 Å². The van der Waals surface area contributed by atoms with Gasteiger partial charge >= 0.3 is 0 Å². The first kappa shape index (κ1) is 13.5. The number of halogens is 1. The van der Waals surface area contributed by atoms with Crippen molar-refractivity contribution in [2.45, 2.75) is 25.8 Å². The fourth-order valence-corrected chi connectivity index (χ4v) is 3.57. The third-order valence-corrected chi connectivity index (χ3v) is 4.71. The van der Waals surface area contributed by atoms with E-state index in [1.54, 1.807) is 16.2 Å². The van der Waals surface area contributed by atoms with Gasteiger partial charge in [0.25, 0.3) is 0 Å². The topological polar surface area (TPSA) is 49.4 Å². The number of carbonyl (C=O) groups is 2. The highest BCUT2D eigenvalue weighted by Gasteiger charge is 2.32. The van der Waals surface area contributed by atoms with E-state index in [0.29, 0.717) is 13.0 Å². The molecule has 0 spiro atoms. The Kier molecular flexibility index (Phi) is 4.40. The molecule has 0 bridgehead atoms. The van der Waals surface area contributed by atoms with Crippen LogP contribution in [0, 0.1) is 0 Å². The molecule has 0 saturated carbocycles. The molecule has 1 aromatic rings. The summed E-state index contributed by atoms with van der Waals surface area (Å²) >= 11 is 5.08. The highest BCUT2D eigenvalue weighted by molar-refractivity contribution is 9.11. The lowest BCUT2D eigenvalue weighted by Crippen LogP contribution is -2.58. The molecular formula is C12H15BrN2O2S. The number of carbonyl (C=O) groups excluding carboxylic acids is 2. The summed E-state index contributed by atoms with van der Waals surface area (Å²) in [6.45, 7) is 2.67. The second kappa shape index (κ2) is 5.84. The number of nitrogens with one attached hydrogen (secondary N) is 1. The van der Waals surface area contributed by atoms with Crippen LogP contribution in [0.3, 0.4) is 0 Å². The van der Waals surface area contributed by atoms with Gasteiger partial charge in [0.1, 0.15) is 6.04 Å². The molecule has 1 aliphatic rings. The zero-order valence-corrected chi connectivity index (χ0v) is 12.5. The Balaban J connectivity index is 2.01. The van der Waals surface area contributed by atoms with Crippen LogP contribution in [0.1, 0.15) is 18.2 Å². The first-order valence-electron chi connectivity index (χ1n) is 5.93. The van der Waals surface area contributed by atoms with Gasteiger partial charge < -0.3 is 10.2 Å². The van der Waals surface area contributed by atoms with Gasteiger partial charge in [-0.1, -0.05) is 6.92 Å². The van der Waals surface area contributed by atoms with Crippen molar-refractivity contribution in [3.8, 4) is 0 Å². The van der Waals surface area contributed by atoms with E-state index in [1.165, 1.54) is 4.88 Å². The standard InChI is InChI=1S/C12H15BrN2O2S/c1-2-9-12(17)14-7-11(16)15(9)6-5-8-3-4-10(13)18-8/h3-4,9H,2,5-7H2,1H3,(H,14,17). The van der Waals surface area contributed by atoms with Crippen LogP contribution in [0.5, 0.6) is 0 Å². The molecule has 1 atom stereocenters. The number of amides is 2. The maximum Gasteiger partial charge on any atom is 0.243 e. The van der Waals surface area contributed by atoms with E-state index < -0.39 is 0 Å². The van der Waals surface area contributed by atoms with Crippen LogP contribution >= 0.6 is 27.3 Å². The summed E-state index contributed by atoms with van der Waals surface area (Å²) in [5, 5.41) is 2.63. The molecule has 1 fully saturated rings. The summed E-state index contributed by atoms with van der Waals surface area (Å²) in [4.78, 5) is 26.4. The number of hydrogen-bond acceptors (Lipinski definition) is 3. The Morgan fingerprint density at radius 3 is 2.89 bits per heavy atom. The van der Waals surface area contributed by atoms with E-state index >= 15 is 0 Å². The van der Waals surface area contributed by atoms with Gasteiger partial charge in [0.05, 0.1) is 10.3 Å². The fraction of sp³-hybridized carbons (Fsp3) is 0.500. The molecule has 0 aliphatic carbocycles. The molecule has 1 saturated heterocycles. The van der Waals surface area contributed by atoms with E-state index in [1.807, 2.05) is 19.1 Å². The van der Waals surface area contributed by atoms with Gasteiger partial charge in [-0.3, -0.25) is 9.59 Å². The van der Waals surface area contributed by atoms with Crippen LogP contribution in [0.4, 0.5) is 0 Å². The Morgan fingerprint density at radius 1 is 1.50 bits per heavy atom. The summed E-state index contributed by atoms with van der Waals surface area (Å²) in [6.07, 6.45) is 1.46. The molecule has 98 valence electrons. The van der Waals surface area contributed by atoms with Crippen LogP contribution in [-0.4, -0.2) is 35.8 Å². The SMILES string of the molecule is CCC1C(=O)NCC(=O)N1CCc1ccc(Br)s1. The van der Waals surface area contributed by atoms with Crippen LogP contribution < -0.4 is 5.32 Å². The smallest absolute Gasteiger partial charge is 0.243 e. The Bertz CT molecular complexity index is 461. The molecule has 2 heterocycles. The largest absolute Gasteiger partial charge is 0.345 e. The van der Waals surface area contributed by atoms with Crippen LogP contribution in [0.15, 0.2) is 15.9 Å². The maximum absolute atomic E-state index is 11.8. The summed E-state index contributed by atoms with van der Waals surface area (Å²) in [7, 11) is 0. The average Bonchev–Trinajstić information content (AvgIpc) is 2.76. The second-order valence-corrected chi connectivity index (χ2v) is 6.73. The molecule has 1 unspecified atom stereocenters. The van der Waals surface area contributed by atoms with Crippen molar-refractivity contribution >= 4 is 39.1 Å². The zero-order valence-electron chi connectivity index (χ0n) is 10.1. The maximum atomic E-state index is 11.8. The molecule has 0 aromatic carbocycles. The van der Waals surface area contributed by atoms with Crippen molar-refractivity contribution in [2.75, 3.05) is 13.1 Å². The normalized spacial score (nSPS) is 20.1. The number of rotatable bonds is 4. The molecule has 2 amide bonds. The molecule has 1 aliphatic heterocycles. The third-order valence-electron chi connectivity index (χ3n) is 3.03. The number of hydrogen-bond donors (Lipinski definition) is 1. The van der Waals surface area contributed by atoms with Crippen molar-refractivity contribution in [1.29, 1.82) is 0 Å². The molecule has 1 N–H and O–H groups in total. The predicted octanol–water partition coefficient (Wildman–Crippen LogP) is 1.79. The van der Waals surface area contributed by atoms with Gasteiger partial charge in [-0.05, 0) is 40.9 Å². The van der Waals surface area contributed by atoms with E-state index in [-0.39, 0.29) is 24.4 Å². The first-order valence-corrected chi connectivity index (χ1v) is 7.54. The Labute approximate surface area is 118 Å². The number of piperazine rings is 1. The van der Waals surface area contributed by atoms with Crippen molar-refractivity contribution in [3.63, 3.8) is 0 Å². The minimum Gasteiger partial charge on any atom is -0.345 e. The first-order chi connectivity index (χ1) is 8.61. The van der Waals surface area contributed by atoms with Gasteiger partial charge in [0, 0.05) is 11.4 Å². The zero-order chi connectivity index (χ0) is 13.1. The van der Waals surface area contributed by atoms with Gasteiger partial charge in [-0.15, -0.1) is 11.3 Å². The minimum atomic E-state index is -0.311. The van der Waals surface area contributed by atoms with Crippen LogP contribution in [-0.2, 0) is 16.0 Å². The van der Waals surface area contributed by atoms with Crippen molar-refractivity contribution in [3.05, 3.63) is 20.8 Å². The summed E-state index contributed by atoms with van der Waals surface area (Å²) in [5.41, 5.74) is 0. The number of nitrogens with zero attached hydrogens (tertiary/aromatic N) is 1. The Morgan fingerprint density at radius 2 is 2.28 bits per heavy atom. The fourth-order valence-electron chi connectivity index (χ4n) is 2.10. The van der Waals surface area contributed by atoms with Crippen LogP contribution in [0.2, 0.25) is 0 Å². The molecule has 4 nitrogen and oxygen atoms in total. The molecule has 0 radical (unpaired) electrons. The molecule has 18 heavy (non-hydrogen) atoms. The Hall–Kier alpha value is -0.880. The molecule has 1 aromatic heterocycles. The quantitative estimate of drug-likeness (QED) is 0.915. The average molecular weight is 331 g/mol. The lowest BCUT2D eigenvalue weighted by atomic mass is 10.1. The van der Waals surface area contributed by atoms with Crippen molar-refractivity contribution < 1.29 is 9.59 Å². The van der Waals surface area contributed by atoms with E-state index in [0.717, 1.165) is 10.2 Å². The summed E-state index contributed by atoms with van der Waals surface area (Å²) in [5.74, 6) is -0.0264. The van der Waals surface area contributed by atoms with Gasteiger partial charge in [0.2, 0.25) is 11.8 Å². The van der Waals surface area contributed by atoms with Gasteiger partial charge in [0.15, 0.2) is 0 Å². The third kappa shape index (κ3) is 2.92. The van der Waals surface area contributed by atoms with Gasteiger partial charge in [-0.25, -0.2) is 0 Å². The molecule has 6 heteroatoms. The van der Waals surface area contributed by atoms with E-state index in [4.69, 9.17) is 0 Å². The minimum absolute atomic E-state index is 0.0112. The van der Waals surface area contributed by atoms with Crippen molar-refractivity contribution in [2.24, 2.45) is 0 Å². The van der Waals surface area contributed by atoms with E-state index in [2.05, 4.69) is 21.2 Å². The molecule has 2 rings (SSSR count). The molecular weight excluding hydrogens is 316 g/mol. The summed E-state index contributed by atoms with van der Waals surface area (Å²) < 4.78 is 1.09. The monoisotopic (exact) mass is 330 g/mol. The second-order valence-electron chi connectivity index (χ2n) is 4.18.